The van der Waals surface area contributed by atoms with Gasteiger partial charge in [0.2, 0.25) is 5.88 Å². The number of nitrogen functional groups attached to an aromatic ring is 1. The van der Waals surface area contributed by atoms with Gasteiger partial charge in [-0.15, -0.1) is 5.10 Å². The van der Waals surface area contributed by atoms with E-state index < -0.39 is 0 Å². The molecule has 0 aliphatic carbocycles. The van der Waals surface area contributed by atoms with Crippen LogP contribution in [0, 0.1) is 0 Å². The Labute approximate surface area is 160 Å². The molecule has 6 nitrogen and oxygen atoms in total. The van der Waals surface area contributed by atoms with Gasteiger partial charge in [0.25, 0.3) is 0 Å². The van der Waals surface area contributed by atoms with Gasteiger partial charge in [-0.3, -0.25) is 0 Å². The molecule has 0 saturated carbocycles. The minimum absolute atomic E-state index is 0.0200. The Bertz CT molecular complexity index is 967. The third kappa shape index (κ3) is 3.09. The molecular weight excluding hydrogens is 375 g/mol. The number of halogens is 2. The minimum Gasteiger partial charge on any atom is -0.493 e. The van der Waals surface area contributed by atoms with Gasteiger partial charge < -0.3 is 15.6 Å². The van der Waals surface area contributed by atoms with Crippen LogP contribution in [-0.4, -0.2) is 32.9 Å². The molecule has 0 amide bonds. The summed E-state index contributed by atoms with van der Waals surface area (Å²) in [7, 11) is 0. The molecule has 3 N–H and O–H groups in total. The second-order valence-electron chi connectivity index (χ2n) is 6.41. The molecule has 0 bridgehead atoms. The van der Waals surface area contributed by atoms with Gasteiger partial charge in [-0.05, 0) is 24.5 Å². The van der Waals surface area contributed by atoms with Crippen molar-refractivity contribution in [1.82, 2.24) is 14.6 Å². The van der Waals surface area contributed by atoms with Crippen molar-refractivity contribution in [1.29, 1.82) is 0 Å². The second-order valence-corrected chi connectivity index (χ2v) is 7.20. The number of benzene rings is 1. The van der Waals surface area contributed by atoms with E-state index in [4.69, 9.17) is 38.7 Å². The molecule has 4 rings (SSSR count). The van der Waals surface area contributed by atoms with Gasteiger partial charge in [0.05, 0.1) is 15.7 Å². The molecule has 2 aromatic heterocycles. The highest BCUT2D eigenvalue weighted by Gasteiger charge is 2.22. The zero-order valence-corrected chi connectivity index (χ0v) is 15.5. The van der Waals surface area contributed by atoms with Crippen LogP contribution in [0.2, 0.25) is 10.0 Å². The lowest BCUT2D eigenvalue weighted by molar-refractivity contribution is 0.0844. The lowest BCUT2D eigenvalue weighted by atomic mass is 9.96. The van der Waals surface area contributed by atoms with Gasteiger partial charge in [-0.25, -0.2) is 4.98 Å². The van der Waals surface area contributed by atoms with Crippen molar-refractivity contribution in [2.45, 2.75) is 25.2 Å². The van der Waals surface area contributed by atoms with Crippen LogP contribution in [0.15, 0.2) is 24.3 Å². The standard InChI is InChI=1S/C18H18Cl2N4O2/c19-13-3-1-2-11(16(13)20)8-12-17(21)23-24-15(25)9-14(22-18(12)24)10-4-6-26-7-5-10/h1-3,9-10,25H,4-8H2,(H2,21,23). The first-order valence-corrected chi connectivity index (χ1v) is 9.18. The zero-order valence-electron chi connectivity index (χ0n) is 14.0. The summed E-state index contributed by atoms with van der Waals surface area (Å²) < 4.78 is 6.78. The molecule has 1 aromatic carbocycles. The summed E-state index contributed by atoms with van der Waals surface area (Å²) in [5.41, 5.74) is 9.03. The van der Waals surface area contributed by atoms with E-state index in [1.807, 2.05) is 12.1 Å². The Morgan fingerprint density at radius 1 is 1.27 bits per heavy atom. The van der Waals surface area contributed by atoms with E-state index in [9.17, 15) is 5.11 Å². The first-order chi connectivity index (χ1) is 12.5. The van der Waals surface area contributed by atoms with Crippen LogP contribution in [0.25, 0.3) is 5.65 Å². The number of anilines is 1. The maximum Gasteiger partial charge on any atom is 0.215 e. The monoisotopic (exact) mass is 392 g/mol. The molecule has 0 atom stereocenters. The maximum atomic E-state index is 10.4. The van der Waals surface area contributed by atoms with E-state index in [1.54, 1.807) is 12.1 Å². The van der Waals surface area contributed by atoms with Gasteiger partial charge in [0, 0.05) is 37.2 Å². The van der Waals surface area contributed by atoms with Crippen LogP contribution >= 0.6 is 23.2 Å². The number of nitrogens with zero attached hydrogens (tertiary/aromatic N) is 3. The first kappa shape index (κ1) is 17.4. The van der Waals surface area contributed by atoms with E-state index in [1.165, 1.54) is 4.52 Å². The van der Waals surface area contributed by atoms with Crippen LogP contribution in [0.4, 0.5) is 5.82 Å². The largest absolute Gasteiger partial charge is 0.493 e. The quantitative estimate of drug-likeness (QED) is 0.707. The lowest BCUT2D eigenvalue weighted by Gasteiger charge is -2.21. The van der Waals surface area contributed by atoms with Crippen molar-refractivity contribution in [3.05, 3.63) is 51.1 Å². The van der Waals surface area contributed by atoms with E-state index in [-0.39, 0.29) is 11.8 Å². The van der Waals surface area contributed by atoms with Crippen LogP contribution in [0.3, 0.4) is 0 Å². The fourth-order valence-corrected chi connectivity index (χ4v) is 3.71. The summed E-state index contributed by atoms with van der Waals surface area (Å²) in [6.45, 7) is 1.40. The van der Waals surface area contributed by atoms with Gasteiger partial charge in [-0.1, -0.05) is 35.3 Å². The SMILES string of the molecule is Nc1nn2c(O)cc(C3CCOCC3)nc2c1Cc1cccc(Cl)c1Cl. The molecule has 0 unspecified atom stereocenters. The molecule has 1 fully saturated rings. The average molecular weight is 393 g/mol. The van der Waals surface area contributed by atoms with Crippen LogP contribution in [0.1, 0.15) is 35.6 Å². The van der Waals surface area contributed by atoms with Crippen molar-refractivity contribution in [3.8, 4) is 5.88 Å². The highest BCUT2D eigenvalue weighted by atomic mass is 35.5. The number of aromatic nitrogens is 3. The number of rotatable bonds is 3. The van der Waals surface area contributed by atoms with Crippen molar-refractivity contribution in [3.63, 3.8) is 0 Å². The van der Waals surface area contributed by atoms with Gasteiger partial charge in [-0.2, -0.15) is 4.52 Å². The highest BCUT2D eigenvalue weighted by molar-refractivity contribution is 6.42. The minimum atomic E-state index is 0.0200. The number of hydrogen-bond acceptors (Lipinski definition) is 5. The Morgan fingerprint density at radius 2 is 2.04 bits per heavy atom. The smallest absolute Gasteiger partial charge is 0.215 e. The van der Waals surface area contributed by atoms with Gasteiger partial charge in [0.1, 0.15) is 0 Å². The third-order valence-electron chi connectivity index (χ3n) is 4.75. The molecule has 0 spiro atoms. The summed E-state index contributed by atoms with van der Waals surface area (Å²) in [6.07, 6.45) is 2.18. The van der Waals surface area contributed by atoms with E-state index in [0.29, 0.717) is 41.1 Å². The van der Waals surface area contributed by atoms with Gasteiger partial charge >= 0.3 is 0 Å². The Morgan fingerprint density at radius 3 is 2.81 bits per heavy atom. The zero-order chi connectivity index (χ0) is 18.3. The van der Waals surface area contributed by atoms with Gasteiger partial charge in [0.15, 0.2) is 11.5 Å². The molecule has 3 aromatic rings. The van der Waals surface area contributed by atoms with E-state index >= 15 is 0 Å². The summed E-state index contributed by atoms with van der Waals surface area (Å²) in [4.78, 5) is 4.76. The third-order valence-corrected chi connectivity index (χ3v) is 5.61. The predicted octanol–water partition coefficient (Wildman–Crippen LogP) is 3.81. The number of ether oxygens (including phenoxy) is 1. The molecular formula is C18H18Cl2N4O2. The Balaban J connectivity index is 1.80. The van der Waals surface area contributed by atoms with Crippen molar-refractivity contribution < 1.29 is 9.84 Å². The summed E-state index contributed by atoms with van der Waals surface area (Å²) >= 11 is 12.4. The Kier molecular flexibility index (Phi) is 4.65. The molecule has 1 aliphatic rings. The summed E-state index contributed by atoms with van der Waals surface area (Å²) in [5, 5.41) is 15.6. The molecule has 3 heterocycles. The molecule has 0 radical (unpaired) electrons. The van der Waals surface area contributed by atoms with Crippen molar-refractivity contribution in [2.75, 3.05) is 18.9 Å². The molecule has 8 heteroatoms. The number of hydrogen-bond donors (Lipinski definition) is 2. The predicted molar refractivity (Wildman–Crippen MR) is 101 cm³/mol. The highest BCUT2D eigenvalue weighted by Crippen LogP contribution is 2.33. The first-order valence-electron chi connectivity index (χ1n) is 8.42. The topological polar surface area (TPSA) is 85.7 Å². The number of aromatic hydroxyl groups is 1. The lowest BCUT2D eigenvalue weighted by Crippen LogP contribution is -2.15. The number of fused-ring (bicyclic) bond motifs is 1. The fraction of sp³-hybridized carbons (Fsp3) is 0.333. The van der Waals surface area contributed by atoms with Crippen LogP contribution < -0.4 is 5.73 Å². The summed E-state index contributed by atoms with van der Waals surface area (Å²) in [6, 6.07) is 7.12. The summed E-state index contributed by atoms with van der Waals surface area (Å²) in [5.74, 6) is 0.581. The second kappa shape index (κ2) is 6.95. The molecule has 26 heavy (non-hydrogen) atoms. The molecule has 136 valence electrons. The van der Waals surface area contributed by atoms with E-state index in [0.717, 1.165) is 29.7 Å². The average Bonchev–Trinajstić information content (AvgIpc) is 2.96. The fourth-order valence-electron chi connectivity index (χ4n) is 3.33. The van der Waals surface area contributed by atoms with Crippen LogP contribution in [0.5, 0.6) is 5.88 Å². The Hall–Kier alpha value is -2.02. The number of nitrogens with two attached hydrogens (primary N) is 1. The molecule has 1 saturated heterocycles. The normalized spacial score (nSPS) is 15.6. The van der Waals surface area contributed by atoms with E-state index in [2.05, 4.69) is 5.10 Å². The van der Waals surface area contributed by atoms with Crippen molar-refractivity contribution in [2.24, 2.45) is 0 Å². The van der Waals surface area contributed by atoms with Crippen molar-refractivity contribution >= 4 is 34.7 Å². The van der Waals surface area contributed by atoms with Crippen LogP contribution in [-0.2, 0) is 11.2 Å². The maximum absolute atomic E-state index is 10.4. The molecule has 1 aliphatic heterocycles.